The second-order valence-electron chi connectivity index (χ2n) is 20.9. The molecule has 0 saturated carbocycles. The van der Waals surface area contributed by atoms with Crippen LogP contribution >= 0.6 is 0 Å². The summed E-state index contributed by atoms with van der Waals surface area (Å²) in [6.07, 6.45) is 94.2. The van der Waals surface area contributed by atoms with Crippen LogP contribution in [0.2, 0.25) is 0 Å². The zero-order chi connectivity index (χ0) is 57.1. The molecule has 0 heterocycles. The Labute approximate surface area is 487 Å². The molecule has 0 bridgehead atoms. The zero-order valence-electron chi connectivity index (χ0n) is 51.1. The minimum atomic E-state index is -0.802. The number of hydrogen-bond donors (Lipinski definition) is 0. The van der Waals surface area contributed by atoms with E-state index in [0.717, 1.165) is 161 Å². The molecule has 6 heteroatoms. The molecule has 0 aliphatic heterocycles. The standard InChI is InChI=1S/C73H118O6/c1-4-7-10-13-16-19-22-25-28-30-31-32-33-34-35-36-37-38-39-40-41-43-45-48-51-54-57-60-63-66-72(75)78-69-70(68-77-71(74)65-62-59-56-53-50-47-44-27-24-21-18-15-12-9-6-3)79-73(76)67-64-61-58-55-52-49-46-42-29-26-23-20-17-14-11-8-5-2/h7,9-10,12,16-21,25-29,31-32,34-35,37-38,40-41,44,70H,4-6,8,11,13-15,22-24,30,33,36,39,42-43,45-69H2,1-3H3/b10-7-,12-9-,19-16-,20-17-,21-18-,28-25-,29-26-,32-31-,35-34-,38-37-,41-40-,44-27-. The molecular formula is C73H118O6. The summed E-state index contributed by atoms with van der Waals surface area (Å²) in [7, 11) is 0. The van der Waals surface area contributed by atoms with E-state index >= 15 is 0 Å². The maximum Gasteiger partial charge on any atom is 0.306 e. The van der Waals surface area contributed by atoms with Gasteiger partial charge < -0.3 is 14.2 Å². The highest BCUT2D eigenvalue weighted by Gasteiger charge is 2.19. The van der Waals surface area contributed by atoms with Gasteiger partial charge in [0.05, 0.1) is 0 Å². The van der Waals surface area contributed by atoms with Crippen molar-refractivity contribution in [2.45, 2.75) is 284 Å². The summed E-state index contributed by atoms with van der Waals surface area (Å²) in [4.78, 5) is 38.3. The van der Waals surface area contributed by atoms with Gasteiger partial charge >= 0.3 is 17.9 Å². The van der Waals surface area contributed by atoms with Crippen LogP contribution in [0.1, 0.15) is 278 Å². The smallest absolute Gasteiger partial charge is 0.306 e. The fourth-order valence-corrected chi connectivity index (χ4v) is 8.53. The quantitative estimate of drug-likeness (QED) is 0.0261. The molecule has 1 unspecified atom stereocenters. The molecule has 0 aromatic heterocycles. The van der Waals surface area contributed by atoms with E-state index in [1.54, 1.807) is 0 Å². The van der Waals surface area contributed by atoms with Gasteiger partial charge in [0.1, 0.15) is 13.2 Å². The summed E-state index contributed by atoms with van der Waals surface area (Å²) in [6, 6.07) is 0. The molecule has 0 aromatic rings. The molecule has 0 aliphatic carbocycles. The Morgan fingerprint density at radius 2 is 0.494 bits per heavy atom. The number of rotatable bonds is 57. The van der Waals surface area contributed by atoms with Gasteiger partial charge in [-0.3, -0.25) is 14.4 Å². The number of unbranched alkanes of at least 4 members (excludes halogenated alkanes) is 22. The van der Waals surface area contributed by atoms with Crippen molar-refractivity contribution in [1.82, 2.24) is 0 Å². The molecule has 0 amide bonds. The summed E-state index contributed by atoms with van der Waals surface area (Å²) >= 11 is 0. The Morgan fingerprint density at radius 3 is 0.772 bits per heavy atom. The predicted molar refractivity (Wildman–Crippen MR) is 343 cm³/mol. The monoisotopic (exact) mass is 1090 g/mol. The molecule has 0 aliphatic rings. The normalized spacial score (nSPS) is 13.1. The van der Waals surface area contributed by atoms with Crippen molar-refractivity contribution in [3.8, 4) is 0 Å². The lowest BCUT2D eigenvalue weighted by Crippen LogP contribution is -2.30. The van der Waals surface area contributed by atoms with Crippen molar-refractivity contribution in [3.63, 3.8) is 0 Å². The Morgan fingerprint density at radius 1 is 0.266 bits per heavy atom. The Hall–Kier alpha value is -4.71. The molecule has 446 valence electrons. The van der Waals surface area contributed by atoms with Crippen LogP contribution in [0.5, 0.6) is 0 Å². The Bertz CT molecular complexity index is 1730. The van der Waals surface area contributed by atoms with Gasteiger partial charge in [-0.1, -0.05) is 263 Å². The van der Waals surface area contributed by atoms with E-state index in [2.05, 4.69) is 167 Å². The fourth-order valence-electron chi connectivity index (χ4n) is 8.53. The second-order valence-corrected chi connectivity index (χ2v) is 20.9. The van der Waals surface area contributed by atoms with Crippen LogP contribution in [0.15, 0.2) is 146 Å². The lowest BCUT2D eigenvalue weighted by molar-refractivity contribution is -0.167. The summed E-state index contributed by atoms with van der Waals surface area (Å²) < 4.78 is 16.9. The number of carbonyl (C=O) groups excluding carboxylic acids is 3. The molecular weight excluding hydrogens is 973 g/mol. The first-order valence-electron chi connectivity index (χ1n) is 32.3. The Kier molecular flexibility index (Phi) is 61.9. The van der Waals surface area contributed by atoms with E-state index in [9.17, 15) is 14.4 Å². The third kappa shape index (κ3) is 64.0. The lowest BCUT2D eigenvalue weighted by atomic mass is 10.1. The van der Waals surface area contributed by atoms with Gasteiger partial charge in [-0.25, -0.2) is 0 Å². The predicted octanol–water partition coefficient (Wildman–Crippen LogP) is 22.3. The molecule has 0 spiro atoms. The second kappa shape index (κ2) is 65.8. The van der Waals surface area contributed by atoms with Crippen molar-refractivity contribution in [2.75, 3.05) is 13.2 Å². The van der Waals surface area contributed by atoms with Crippen molar-refractivity contribution >= 4 is 17.9 Å². The zero-order valence-corrected chi connectivity index (χ0v) is 51.1. The first kappa shape index (κ1) is 74.3. The van der Waals surface area contributed by atoms with Gasteiger partial charge in [0.15, 0.2) is 6.10 Å². The highest BCUT2D eigenvalue weighted by Crippen LogP contribution is 2.15. The lowest BCUT2D eigenvalue weighted by Gasteiger charge is -2.18. The maximum absolute atomic E-state index is 12.9. The molecule has 0 rings (SSSR count). The molecule has 0 saturated heterocycles. The van der Waals surface area contributed by atoms with Crippen molar-refractivity contribution in [2.24, 2.45) is 0 Å². The van der Waals surface area contributed by atoms with Gasteiger partial charge in [0.2, 0.25) is 0 Å². The number of ether oxygens (including phenoxy) is 3. The van der Waals surface area contributed by atoms with E-state index in [0.29, 0.717) is 19.3 Å². The van der Waals surface area contributed by atoms with Crippen LogP contribution in [-0.4, -0.2) is 37.2 Å². The van der Waals surface area contributed by atoms with E-state index < -0.39 is 6.10 Å². The van der Waals surface area contributed by atoms with E-state index in [1.807, 2.05) is 0 Å². The minimum Gasteiger partial charge on any atom is -0.462 e. The summed E-state index contributed by atoms with van der Waals surface area (Å²) in [5.41, 5.74) is 0. The van der Waals surface area contributed by atoms with Crippen LogP contribution in [0.4, 0.5) is 0 Å². The molecule has 0 N–H and O–H groups in total. The van der Waals surface area contributed by atoms with Gasteiger partial charge in [-0.15, -0.1) is 0 Å². The molecule has 0 fully saturated rings. The molecule has 79 heavy (non-hydrogen) atoms. The third-order valence-corrected chi connectivity index (χ3v) is 13.3. The number of allylic oxidation sites excluding steroid dienone is 24. The Balaban J connectivity index is 4.39. The van der Waals surface area contributed by atoms with Gasteiger partial charge in [0.25, 0.3) is 0 Å². The SMILES string of the molecule is CC/C=C\C/C=C\C/C=C\C/C=C\C/C=C\C/C=C\C/C=C\CCCCCCCCCC(=O)OCC(COC(=O)CCCCCCC/C=C\C/C=C\C/C=C\CC)OC(=O)CCCCCCCCC/C=C\C/C=C\CCCCC. The first-order chi connectivity index (χ1) is 39.0. The average molecular weight is 1090 g/mol. The van der Waals surface area contributed by atoms with Crippen molar-refractivity contribution < 1.29 is 28.6 Å². The number of carbonyl (C=O) groups is 3. The molecule has 6 nitrogen and oxygen atoms in total. The van der Waals surface area contributed by atoms with E-state index in [4.69, 9.17) is 14.2 Å². The van der Waals surface area contributed by atoms with Gasteiger partial charge in [-0.05, 0) is 141 Å². The molecule has 0 radical (unpaired) electrons. The topological polar surface area (TPSA) is 78.9 Å². The van der Waals surface area contributed by atoms with Crippen LogP contribution < -0.4 is 0 Å². The summed E-state index contributed by atoms with van der Waals surface area (Å²) in [5, 5.41) is 0. The minimum absolute atomic E-state index is 0.0976. The number of hydrogen-bond acceptors (Lipinski definition) is 6. The van der Waals surface area contributed by atoms with Crippen molar-refractivity contribution in [1.29, 1.82) is 0 Å². The summed E-state index contributed by atoms with van der Waals surface area (Å²) in [6.45, 7) is 6.36. The highest BCUT2D eigenvalue weighted by molar-refractivity contribution is 5.71. The van der Waals surface area contributed by atoms with Crippen LogP contribution in [-0.2, 0) is 28.6 Å². The fraction of sp³-hybridized carbons (Fsp3) is 0.630. The molecule has 0 aromatic carbocycles. The average Bonchev–Trinajstić information content (AvgIpc) is 3.45. The van der Waals surface area contributed by atoms with E-state index in [-0.39, 0.29) is 31.1 Å². The maximum atomic E-state index is 12.9. The largest absolute Gasteiger partial charge is 0.462 e. The van der Waals surface area contributed by atoms with E-state index in [1.165, 1.54) is 77.0 Å². The third-order valence-electron chi connectivity index (χ3n) is 13.3. The van der Waals surface area contributed by atoms with Crippen LogP contribution in [0, 0.1) is 0 Å². The highest BCUT2D eigenvalue weighted by atomic mass is 16.6. The number of esters is 3. The van der Waals surface area contributed by atoms with Gasteiger partial charge in [0, 0.05) is 19.3 Å². The molecule has 1 atom stereocenters. The van der Waals surface area contributed by atoms with Gasteiger partial charge in [-0.2, -0.15) is 0 Å². The first-order valence-corrected chi connectivity index (χ1v) is 32.3. The van der Waals surface area contributed by atoms with Crippen molar-refractivity contribution in [3.05, 3.63) is 146 Å². The van der Waals surface area contributed by atoms with Crippen LogP contribution in [0.25, 0.3) is 0 Å². The summed E-state index contributed by atoms with van der Waals surface area (Å²) in [5.74, 6) is -0.932. The van der Waals surface area contributed by atoms with Crippen LogP contribution in [0.3, 0.4) is 0 Å².